The molecule has 1 saturated heterocycles. The van der Waals surface area contributed by atoms with Gasteiger partial charge in [0.25, 0.3) is 0 Å². The minimum absolute atomic E-state index is 0. The molecule has 0 amide bonds. The summed E-state index contributed by atoms with van der Waals surface area (Å²) in [5.41, 5.74) is 0.773. The third kappa shape index (κ3) is 7.53. The first-order valence-electron chi connectivity index (χ1n) is 7.47. The highest BCUT2D eigenvalue weighted by Gasteiger charge is 2.34. The first kappa shape index (κ1) is 22.2. The number of benzene rings is 1. The highest BCUT2D eigenvalue weighted by Crippen LogP contribution is 2.20. The largest absolute Gasteiger partial charge is 0.401 e. The van der Waals surface area contributed by atoms with E-state index in [0.29, 0.717) is 32.0 Å². The smallest absolute Gasteiger partial charge is 0.352 e. The molecule has 1 heterocycles. The summed E-state index contributed by atoms with van der Waals surface area (Å²) >= 11 is 5.72. The van der Waals surface area contributed by atoms with Crippen molar-refractivity contribution in [2.75, 3.05) is 26.7 Å². The molecule has 0 radical (unpaired) electrons. The van der Waals surface area contributed by atoms with E-state index < -0.39 is 18.5 Å². The van der Waals surface area contributed by atoms with Gasteiger partial charge in [0.05, 0.1) is 11.6 Å². The van der Waals surface area contributed by atoms with Crippen LogP contribution >= 0.6 is 35.6 Å². The van der Waals surface area contributed by atoms with Gasteiger partial charge in [-0.3, -0.25) is 9.89 Å². The van der Waals surface area contributed by atoms with Gasteiger partial charge in [0.2, 0.25) is 0 Å². The fourth-order valence-corrected chi connectivity index (χ4v) is 2.77. The molecule has 2 N–H and O–H groups in total. The molecule has 1 fully saturated rings. The summed E-state index contributed by atoms with van der Waals surface area (Å²) in [6, 6.07) is 4.29. The maximum absolute atomic E-state index is 13.1. The van der Waals surface area contributed by atoms with Crippen LogP contribution in [-0.2, 0) is 6.54 Å². The molecule has 1 atom stereocenters. The molecule has 1 aliphatic heterocycles. The average Bonchev–Trinajstić information content (AvgIpc) is 2.91. The maximum Gasteiger partial charge on any atom is 0.401 e. The Labute approximate surface area is 166 Å². The van der Waals surface area contributed by atoms with Crippen molar-refractivity contribution in [2.45, 2.75) is 25.2 Å². The van der Waals surface area contributed by atoms with Crippen molar-refractivity contribution in [1.82, 2.24) is 15.5 Å². The summed E-state index contributed by atoms with van der Waals surface area (Å²) in [5, 5.41) is 6.18. The number of nitrogens with zero attached hydrogens (tertiary/aromatic N) is 2. The predicted octanol–water partition coefficient (Wildman–Crippen LogP) is 3.40. The Morgan fingerprint density at radius 3 is 2.72 bits per heavy atom. The Morgan fingerprint density at radius 2 is 2.12 bits per heavy atom. The van der Waals surface area contributed by atoms with Crippen molar-refractivity contribution >= 4 is 41.5 Å². The minimum atomic E-state index is -4.18. The summed E-state index contributed by atoms with van der Waals surface area (Å²) in [5.74, 6) is -0.00654. The SMILES string of the molecule is CN=C(NCc1ccc(F)c(Cl)c1)NC1CCN(CC(F)(F)F)C1.I. The lowest BCUT2D eigenvalue weighted by Crippen LogP contribution is -2.44. The fraction of sp³-hybridized carbons (Fsp3) is 0.533. The second-order valence-corrected chi connectivity index (χ2v) is 6.06. The predicted molar refractivity (Wildman–Crippen MR) is 101 cm³/mol. The van der Waals surface area contributed by atoms with Gasteiger partial charge in [-0.15, -0.1) is 24.0 Å². The Bertz CT molecular complexity index is 597. The first-order valence-corrected chi connectivity index (χ1v) is 7.85. The molecule has 0 aliphatic carbocycles. The van der Waals surface area contributed by atoms with Crippen molar-refractivity contribution < 1.29 is 17.6 Å². The highest BCUT2D eigenvalue weighted by atomic mass is 127. The molecule has 1 unspecified atom stereocenters. The molecular weight excluding hydrogens is 475 g/mol. The van der Waals surface area contributed by atoms with Crippen molar-refractivity contribution in [3.8, 4) is 0 Å². The van der Waals surface area contributed by atoms with E-state index in [1.54, 1.807) is 13.1 Å². The van der Waals surface area contributed by atoms with Gasteiger partial charge in [0, 0.05) is 32.7 Å². The molecule has 0 saturated carbocycles. The van der Waals surface area contributed by atoms with Crippen LogP contribution in [0.3, 0.4) is 0 Å². The van der Waals surface area contributed by atoms with E-state index in [2.05, 4.69) is 15.6 Å². The molecule has 142 valence electrons. The van der Waals surface area contributed by atoms with E-state index in [-0.39, 0.29) is 35.0 Å². The molecule has 2 rings (SSSR count). The lowest BCUT2D eigenvalue weighted by Gasteiger charge is -2.19. The number of guanidine groups is 1. The molecule has 1 aromatic rings. The topological polar surface area (TPSA) is 39.7 Å². The van der Waals surface area contributed by atoms with Crippen molar-refractivity contribution in [3.05, 3.63) is 34.6 Å². The molecule has 25 heavy (non-hydrogen) atoms. The van der Waals surface area contributed by atoms with Crippen LogP contribution in [0.4, 0.5) is 17.6 Å². The molecule has 4 nitrogen and oxygen atoms in total. The number of hydrogen-bond acceptors (Lipinski definition) is 2. The molecule has 0 aromatic heterocycles. The van der Waals surface area contributed by atoms with E-state index in [0.717, 1.165) is 5.56 Å². The zero-order valence-corrected chi connectivity index (χ0v) is 16.6. The average molecular weight is 495 g/mol. The number of aliphatic imine (C=N–C) groups is 1. The van der Waals surface area contributed by atoms with Gasteiger partial charge in [0.15, 0.2) is 5.96 Å². The quantitative estimate of drug-likeness (QED) is 0.292. The maximum atomic E-state index is 13.1. The zero-order valence-electron chi connectivity index (χ0n) is 13.5. The third-order valence-electron chi connectivity index (χ3n) is 3.68. The van der Waals surface area contributed by atoms with Crippen LogP contribution in [0.2, 0.25) is 5.02 Å². The van der Waals surface area contributed by atoms with Crippen molar-refractivity contribution in [3.63, 3.8) is 0 Å². The van der Waals surface area contributed by atoms with Crippen molar-refractivity contribution in [2.24, 2.45) is 4.99 Å². The van der Waals surface area contributed by atoms with Gasteiger partial charge < -0.3 is 10.6 Å². The molecule has 0 bridgehead atoms. The second kappa shape index (κ2) is 9.77. The van der Waals surface area contributed by atoms with Crippen LogP contribution in [0.25, 0.3) is 0 Å². The van der Waals surface area contributed by atoms with Gasteiger partial charge >= 0.3 is 6.18 Å². The molecule has 1 aliphatic rings. The Morgan fingerprint density at radius 1 is 1.40 bits per heavy atom. The van der Waals surface area contributed by atoms with Crippen LogP contribution in [0, 0.1) is 5.82 Å². The fourth-order valence-electron chi connectivity index (χ4n) is 2.57. The molecule has 10 heteroatoms. The van der Waals surface area contributed by atoms with Crippen LogP contribution in [-0.4, -0.2) is 49.8 Å². The summed E-state index contributed by atoms with van der Waals surface area (Å²) in [7, 11) is 1.58. The van der Waals surface area contributed by atoms with E-state index >= 15 is 0 Å². The zero-order chi connectivity index (χ0) is 17.7. The summed E-state index contributed by atoms with van der Waals surface area (Å²) in [6.07, 6.45) is -3.57. The van der Waals surface area contributed by atoms with Gasteiger partial charge in [0.1, 0.15) is 5.82 Å². The van der Waals surface area contributed by atoms with Gasteiger partial charge in [-0.1, -0.05) is 17.7 Å². The number of hydrogen-bond donors (Lipinski definition) is 2. The van der Waals surface area contributed by atoms with E-state index in [1.807, 2.05) is 0 Å². The monoisotopic (exact) mass is 494 g/mol. The summed E-state index contributed by atoms with van der Waals surface area (Å²) < 4.78 is 50.3. The number of likely N-dealkylation sites (tertiary alicyclic amines) is 1. The van der Waals surface area contributed by atoms with Gasteiger partial charge in [-0.25, -0.2) is 4.39 Å². The Balaban J connectivity index is 0.00000312. The van der Waals surface area contributed by atoms with Gasteiger partial charge in [-0.05, 0) is 24.1 Å². The molecular formula is C15H20ClF4IN4. The molecule has 1 aromatic carbocycles. The van der Waals surface area contributed by atoms with Crippen molar-refractivity contribution in [1.29, 1.82) is 0 Å². The van der Waals surface area contributed by atoms with Gasteiger partial charge in [-0.2, -0.15) is 13.2 Å². The number of alkyl halides is 3. The lowest BCUT2D eigenvalue weighted by atomic mass is 10.2. The van der Waals surface area contributed by atoms with Crippen LogP contribution in [0.1, 0.15) is 12.0 Å². The van der Waals surface area contributed by atoms with Crippen LogP contribution < -0.4 is 10.6 Å². The van der Waals surface area contributed by atoms with E-state index in [4.69, 9.17) is 11.6 Å². The third-order valence-corrected chi connectivity index (χ3v) is 3.97. The number of nitrogens with one attached hydrogen (secondary N) is 2. The van der Waals surface area contributed by atoms with E-state index in [9.17, 15) is 17.6 Å². The Hall–Kier alpha value is -0.810. The highest BCUT2D eigenvalue weighted by molar-refractivity contribution is 14.0. The van der Waals surface area contributed by atoms with Crippen LogP contribution in [0.5, 0.6) is 0 Å². The number of halogens is 6. The minimum Gasteiger partial charge on any atom is -0.352 e. The number of rotatable bonds is 4. The molecule has 0 spiro atoms. The summed E-state index contributed by atoms with van der Waals surface area (Å²) in [4.78, 5) is 5.42. The lowest BCUT2D eigenvalue weighted by molar-refractivity contribution is -0.143. The summed E-state index contributed by atoms with van der Waals surface area (Å²) in [6.45, 7) is 0.175. The Kier molecular flexibility index (Phi) is 8.69. The van der Waals surface area contributed by atoms with E-state index in [1.165, 1.54) is 17.0 Å². The first-order chi connectivity index (χ1) is 11.3. The standard InChI is InChI=1S/C15H19ClF4N4.HI/c1-21-14(22-7-10-2-3-13(17)12(16)6-10)23-11-4-5-24(8-11)9-15(18,19)20;/h2-3,6,11H,4-5,7-9H2,1H3,(H2,21,22,23);1H. The second-order valence-electron chi connectivity index (χ2n) is 5.65. The van der Waals surface area contributed by atoms with Crippen LogP contribution in [0.15, 0.2) is 23.2 Å². The normalized spacial score (nSPS) is 18.8.